The molecular weight excluding hydrogens is 560 g/mol. The van der Waals surface area contributed by atoms with Crippen molar-refractivity contribution in [2.75, 3.05) is 24.7 Å². The molecule has 1 spiro atoms. The number of aryl methyl sites for hydroxylation is 1. The van der Waals surface area contributed by atoms with Crippen molar-refractivity contribution in [2.24, 2.45) is 23.7 Å². The first-order valence-corrected chi connectivity index (χ1v) is 15.9. The van der Waals surface area contributed by atoms with E-state index in [2.05, 4.69) is 20.1 Å². The number of rotatable bonds is 13. The quantitative estimate of drug-likeness (QED) is 0.184. The number of allylic oxidation sites excluding steroid dienone is 1. The van der Waals surface area contributed by atoms with Crippen molar-refractivity contribution >= 4 is 46.8 Å². The Kier molecular flexibility index (Phi) is 9.97. The van der Waals surface area contributed by atoms with Crippen molar-refractivity contribution in [3.63, 3.8) is 0 Å². The second-order valence-electron chi connectivity index (χ2n) is 11.9. The Balaban J connectivity index is 1.79. The van der Waals surface area contributed by atoms with Crippen molar-refractivity contribution in [1.82, 2.24) is 4.90 Å². The van der Waals surface area contributed by atoms with Gasteiger partial charge in [-0.05, 0) is 56.1 Å². The van der Waals surface area contributed by atoms with Gasteiger partial charge in [0.1, 0.15) is 6.04 Å². The molecule has 3 unspecified atom stereocenters. The minimum absolute atomic E-state index is 0.00790. The van der Waals surface area contributed by atoms with Crippen LogP contribution in [-0.4, -0.2) is 69.6 Å². The fraction of sp³-hybridized carbons (Fsp3) is 0.594. The molecule has 0 radical (unpaired) electrons. The van der Waals surface area contributed by atoms with Crippen LogP contribution in [0.1, 0.15) is 52.0 Å². The number of likely N-dealkylation sites (tertiary alicyclic amines) is 1. The number of unbranched alkanes of at least 4 members (excludes halogenated alkanes) is 2. The number of nitrogens with zero attached hydrogens (tertiary/aromatic N) is 2. The molecule has 0 aromatic heterocycles. The van der Waals surface area contributed by atoms with E-state index in [1.165, 1.54) is 0 Å². The first kappa shape index (κ1) is 31.6. The summed E-state index contributed by atoms with van der Waals surface area (Å²) in [6.07, 6.45) is 6.65. The van der Waals surface area contributed by atoms with Gasteiger partial charge in [-0.25, -0.2) is 0 Å². The van der Waals surface area contributed by atoms with Crippen LogP contribution < -0.4 is 4.90 Å². The van der Waals surface area contributed by atoms with Crippen molar-refractivity contribution in [1.29, 1.82) is 0 Å². The predicted octanol–water partition coefficient (Wildman–Crippen LogP) is 5.42. The molecule has 2 bridgehead atoms. The number of aliphatic hydroxyl groups is 1. The molecule has 3 aliphatic heterocycles. The molecule has 2 amide bonds. The molecule has 7 atom stereocenters. The van der Waals surface area contributed by atoms with Gasteiger partial charge in [0.05, 0.1) is 46.5 Å². The number of fused-ring (bicyclic) bond motifs is 1. The molecule has 3 fully saturated rings. The van der Waals surface area contributed by atoms with Gasteiger partial charge in [0.15, 0.2) is 0 Å². The normalized spacial score (nSPS) is 29.0. The van der Waals surface area contributed by atoms with Crippen LogP contribution >= 0.6 is 23.4 Å². The lowest BCUT2D eigenvalue weighted by Gasteiger charge is -2.43. The predicted molar refractivity (Wildman–Crippen MR) is 165 cm³/mol. The molecule has 1 N–H and O–H groups in total. The number of para-hydroxylation sites is 1. The van der Waals surface area contributed by atoms with Crippen LogP contribution in [-0.2, 0) is 19.1 Å². The third kappa shape index (κ3) is 5.36. The molecule has 9 heteroatoms. The number of anilines is 1. The van der Waals surface area contributed by atoms with Crippen molar-refractivity contribution < 1.29 is 24.2 Å². The van der Waals surface area contributed by atoms with E-state index in [0.29, 0.717) is 23.7 Å². The van der Waals surface area contributed by atoms with Gasteiger partial charge in [0.2, 0.25) is 5.91 Å². The summed E-state index contributed by atoms with van der Waals surface area (Å²) in [7, 11) is 0. The highest BCUT2D eigenvalue weighted by atomic mass is 35.5. The molecular formula is C32H43ClN2O5S. The van der Waals surface area contributed by atoms with Gasteiger partial charge in [0, 0.05) is 11.8 Å². The number of amides is 2. The van der Waals surface area contributed by atoms with Gasteiger partial charge in [0.25, 0.3) is 5.91 Å². The number of ether oxygens (including phenoxy) is 1. The zero-order valence-electron chi connectivity index (χ0n) is 24.6. The van der Waals surface area contributed by atoms with Crippen molar-refractivity contribution in [2.45, 2.75) is 75.5 Å². The largest absolute Gasteiger partial charge is 0.465 e. The Labute approximate surface area is 253 Å². The zero-order valence-corrected chi connectivity index (χ0v) is 26.1. The average Bonchev–Trinajstić information content (AvgIpc) is 3.51. The maximum absolute atomic E-state index is 14.9. The van der Waals surface area contributed by atoms with Gasteiger partial charge in [-0.1, -0.05) is 56.7 Å². The number of benzene rings is 1. The minimum atomic E-state index is -0.884. The number of hydrogen-bond acceptors (Lipinski definition) is 6. The van der Waals surface area contributed by atoms with Crippen LogP contribution in [0, 0.1) is 30.6 Å². The fourth-order valence-corrected chi connectivity index (χ4v) is 9.89. The van der Waals surface area contributed by atoms with Crippen molar-refractivity contribution in [3.8, 4) is 0 Å². The minimum Gasteiger partial charge on any atom is -0.465 e. The number of halogens is 1. The molecule has 3 aliphatic rings. The number of carbonyl (C=O) groups excluding carboxylic acids is 3. The van der Waals surface area contributed by atoms with Crippen molar-refractivity contribution in [3.05, 3.63) is 54.1 Å². The van der Waals surface area contributed by atoms with Gasteiger partial charge in [-0.15, -0.1) is 24.9 Å². The van der Waals surface area contributed by atoms with Gasteiger partial charge >= 0.3 is 5.97 Å². The van der Waals surface area contributed by atoms with Gasteiger partial charge < -0.3 is 19.6 Å². The summed E-state index contributed by atoms with van der Waals surface area (Å²) in [5.74, 6) is -2.35. The Morgan fingerprint density at radius 1 is 1.29 bits per heavy atom. The van der Waals surface area contributed by atoms with E-state index in [1.54, 1.807) is 33.7 Å². The number of esters is 1. The maximum Gasteiger partial charge on any atom is 0.310 e. The third-order valence-electron chi connectivity index (χ3n) is 9.09. The van der Waals surface area contributed by atoms with Crippen LogP contribution in [0.5, 0.6) is 0 Å². The Bertz CT molecular complexity index is 1170. The lowest BCUT2D eigenvalue weighted by Crippen LogP contribution is -2.60. The molecule has 0 saturated carbocycles. The summed E-state index contributed by atoms with van der Waals surface area (Å²) >= 11 is 8.26. The van der Waals surface area contributed by atoms with Crippen LogP contribution in [0.2, 0.25) is 5.02 Å². The average molecular weight is 603 g/mol. The van der Waals surface area contributed by atoms with Crippen LogP contribution in [0.15, 0.2) is 43.5 Å². The molecule has 7 nitrogen and oxygen atoms in total. The lowest BCUT2D eigenvalue weighted by molar-refractivity contribution is -0.155. The smallest absolute Gasteiger partial charge is 0.310 e. The topological polar surface area (TPSA) is 87.1 Å². The lowest BCUT2D eigenvalue weighted by atomic mass is 9.66. The van der Waals surface area contributed by atoms with E-state index in [0.717, 1.165) is 24.8 Å². The van der Waals surface area contributed by atoms with E-state index in [-0.39, 0.29) is 48.0 Å². The van der Waals surface area contributed by atoms with Crippen LogP contribution in [0.3, 0.4) is 0 Å². The number of carbonyl (C=O) groups is 3. The molecule has 0 aliphatic carbocycles. The molecule has 3 heterocycles. The molecule has 41 heavy (non-hydrogen) atoms. The van der Waals surface area contributed by atoms with Gasteiger partial charge in [-0.2, -0.15) is 0 Å². The van der Waals surface area contributed by atoms with E-state index < -0.39 is 28.7 Å². The number of thioether (sulfide) groups is 1. The number of hydrogen-bond donors (Lipinski definition) is 1. The Morgan fingerprint density at radius 2 is 2.02 bits per heavy atom. The van der Waals surface area contributed by atoms with E-state index >= 15 is 0 Å². The summed E-state index contributed by atoms with van der Waals surface area (Å²) < 4.78 is 4.90. The monoisotopic (exact) mass is 602 g/mol. The SMILES string of the molecule is C=CCCCCOC(=O)[C@@H]1[C@H]2C(=O)N([C@@H](CO)C(C)C)C(C(=O)N(CC=C)c3c(C)cccc3Cl)C23S[C@@H]1CC3C. The standard InChI is InChI=1S/C32H43ClN2O5S/c1-7-9-10-11-16-40-31(39)25-24-17-21(6)32(41-24)26(25)29(37)35(23(18-36)19(3)4)28(32)30(38)34(15-8-2)27-20(5)13-12-14-22(27)33/h7-8,12-14,19,21,23-26,28,36H,1-2,9-11,15-18H2,3-6H3/t21?,23-,24+,25-,26-,28?,32?/m0/s1. The summed E-state index contributed by atoms with van der Waals surface area (Å²) in [6.45, 7) is 15.7. The molecule has 4 rings (SSSR count). The van der Waals surface area contributed by atoms with Crippen LogP contribution in [0.4, 0.5) is 5.69 Å². The summed E-state index contributed by atoms with van der Waals surface area (Å²) in [5.41, 5.74) is 1.41. The summed E-state index contributed by atoms with van der Waals surface area (Å²) in [5, 5.41) is 10.8. The summed E-state index contributed by atoms with van der Waals surface area (Å²) in [4.78, 5) is 46.1. The van der Waals surface area contributed by atoms with E-state index in [1.807, 2.05) is 39.0 Å². The third-order valence-corrected chi connectivity index (χ3v) is 11.5. The zero-order chi connectivity index (χ0) is 30.1. The van der Waals surface area contributed by atoms with Gasteiger partial charge in [-0.3, -0.25) is 14.4 Å². The highest BCUT2D eigenvalue weighted by Crippen LogP contribution is 2.69. The van der Waals surface area contributed by atoms with Crippen LogP contribution in [0.25, 0.3) is 0 Å². The first-order chi connectivity index (χ1) is 19.6. The Hall–Kier alpha value is -2.29. The number of aliphatic hydroxyl groups excluding tert-OH is 1. The second kappa shape index (κ2) is 12.9. The highest BCUT2D eigenvalue weighted by molar-refractivity contribution is 8.02. The maximum atomic E-state index is 14.9. The van der Waals surface area contributed by atoms with E-state index in [9.17, 15) is 19.5 Å². The molecule has 3 saturated heterocycles. The molecule has 224 valence electrons. The highest BCUT2D eigenvalue weighted by Gasteiger charge is 2.77. The fourth-order valence-electron chi connectivity index (χ4n) is 7.18. The molecule has 1 aromatic carbocycles. The summed E-state index contributed by atoms with van der Waals surface area (Å²) in [6, 6.07) is 4.01. The second-order valence-corrected chi connectivity index (χ2v) is 13.8. The molecule has 1 aromatic rings. The van der Waals surface area contributed by atoms with E-state index in [4.69, 9.17) is 16.3 Å². The first-order valence-electron chi connectivity index (χ1n) is 14.6. The Morgan fingerprint density at radius 3 is 2.63 bits per heavy atom.